The summed E-state index contributed by atoms with van der Waals surface area (Å²) in [6.07, 6.45) is 0. The standard InChI is InChI=1S/C10H15NO3S/c1-8(2)11(3)15(13,14)10-7-5-4-6-9(10)12/h4-8,12H,1-3H3. The Kier molecular flexibility index (Phi) is 3.36. The molecule has 0 saturated heterocycles. The normalized spacial score (nSPS) is 12.3. The van der Waals surface area contributed by atoms with Crippen molar-refractivity contribution in [1.29, 1.82) is 0 Å². The van der Waals surface area contributed by atoms with E-state index in [2.05, 4.69) is 0 Å². The highest BCUT2D eigenvalue weighted by Crippen LogP contribution is 2.25. The van der Waals surface area contributed by atoms with Crippen molar-refractivity contribution in [2.75, 3.05) is 7.05 Å². The predicted molar refractivity (Wildman–Crippen MR) is 58.2 cm³/mol. The highest BCUT2D eigenvalue weighted by molar-refractivity contribution is 7.89. The molecule has 0 bridgehead atoms. The van der Waals surface area contributed by atoms with Crippen molar-refractivity contribution in [2.45, 2.75) is 24.8 Å². The Hall–Kier alpha value is -1.07. The zero-order valence-electron chi connectivity index (χ0n) is 9.01. The Morgan fingerprint density at radius 1 is 1.27 bits per heavy atom. The molecule has 0 aliphatic rings. The summed E-state index contributed by atoms with van der Waals surface area (Å²) in [6.45, 7) is 3.55. The van der Waals surface area contributed by atoms with Crippen LogP contribution in [-0.4, -0.2) is 30.9 Å². The number of hydrogen-bond acceptors (Lipinski definition) is 3. The lowest BCUT2D eigenvalue weighted by molar-refractivity contribution is 0.403. The van der Waals surface area contributed by atoms with Gasteiger partial charge in [-0.2, -0.15) is 4.31 Å². The molecule has 0 aliphatic carbocycles. The van der Waals surface area contributed by atoms with Crippen LogP contribution in [0.1, 0.15) is 13.8 Å². The molecule has 1 aromatic carbocycles. The zero-order chi connectivity index (χ0) is 11.6. The van der Waals surface area contributed by atoms with Crippen molar-refractivity contribution in [3.05, 3.63) is 24.3 Å². The fourth-order valence-corrected chi connectivity index (χ4v) is 2.56. The predicted octanol–water partition coefficient (Wildman–Crippen LogP) is 1.42. The average Bonchev–Trinajstić information content (AvgIpc) is 2.16. The molecule has 0 amide bonds. The van der Waals surface area contributed by atoms with Crippen molar-refractivity contribution in [3.63, 3.8) is 0 Å². The molecule has 1 rings (SSSR count). The second-order valence-corrected chi connectivity index (χ2v) is 5.55. The van der Waals surface area contributed by atoms with Gasteiger partial charge in [-0.15, -0.1) is 0 Å². The number of para-hydroxylation sites is 1. The maximum atomic E-state index is 12.0. The fourth-order valence-electron chi connectivity index (χ4n) is 1.11. The molecule has 0 fully saturated rings. The van der Waals surface area contributed by atoms with Crippen LogP contribution in [0.25, 0.3) is 0 Å². The second-order valence-electron chi connectivity index (χ2n) is 3.58. The highest BCUT2D eigenvalue weighted by atomic mass is 32.2. The molecule has 0 spiro atoms. The molecule has 1 aromatic rings. The molecule has 0 radical (unpaired) electrons. The van der Waals surface area contributed by atoms with E-state index < -0.39 is 10.0 Å². The molecule has 0 atom stereocenters. The third-order valence-corrected chi connectivity index (χ3v) is 4.33. The molecule has 1 N–H and O–H groups in total. The van der Waals surface area contributed by atoms with Crippen LogP contribution in [0.5, 0.6) is 5.75 Å². The van der Waals surface area contributed by atoms with Crippen molar-refractivity contribution in [2.24, 2.45) is 0 Å². The molecule has 0 unspecified atom stereocenters. The van der Waals surface area contributed by atoms with Crippen molar-refractivity contribution in [3.8, 4) is 5.75 Å². The average molecular weight is 229 g/mol. The first kappa shape index (κ1) is 12.0. The monoisotopic (exact) mass is 229 g/mol. The number of benzene rings is 1. The number of sulfonamides is 1. The molecule has 5 heteroatoms. The largest absolute Gasteiger partial charge is 0.507 e. The van der Waals surface area contributed by atoms with Gasteiger partial charge in [-0.3, -0.25) is 0 Å². The van der Waals surface area contributed by atoms with Gasteiger partial charge in [-0.25, -0.2) is 8.42 Å². The third kappa shape index (κ3) is 2.30. The van der Waals surface area contributed by atoms with Crippen LogP contribution in [-0.2, 0) is 10.0 Å². The summed E-state index contributed by atoms with van der Waals surface area (Å²) in [7, 11) is -2.09. The van der Waals surface area contributed by atoms with Gasteiger partial charge >= 0.3 is 0 Å². The number of aromatic hydroxyl groups is 1. The summed E-state index contributed by atoms with van der Waals surface area (Å²) in [6, 6.07) is 5.78. The van der Waals surface area contributed by atoms with E-state index in [0.717, 1.165) is 0 Å². The first-order chi connectivity index (χ1) is 6.87. The van der Waals surface area contributed by atoms with Crippen molar-refractivity contribution in [1.82, 2.24) is 4.31 Å². The van der Waals surface area contributed by atoms with Crippen LogP contribution in [0.3, 0.4) is 0 Å². The van der Waals surface area contributed by atoms with Crippen molar-refractivity contribution < 1.29 is 13.5 Å². The van der Waals surface area contributed by atoms with E-state index >= 15 is 0 Å². The van der Waals surface area contributed by atoms with Crippen LogP contribution < -0.4 is 0 Å². The van der Waals surface area contributed by atoms with E-state index in [1.807, 2.05) is 0 Å². The molecule has 0 saturated carbocycles. The number of phenolic OH excluding ortho intramolecular Hbond substituents is 1. The minimum Gasteiger partial charge on any atom is -0.507 e. The van der Waals surface area contributed by atoms with E-state index in [1.54, 1.807) is 26.0 Å². The lowest BCUT2D eigenvalue weighted by atomic mass is 10.3. The first-order valence-corrected chi connectivity index (χ1v) is 6.07. The van der Waals surface area contributed by atoms with Crippen LogP contribution in [0.2, 0.25) is 0 Å². The number of rotatable bonds is 3. The Bertz CT molecular complexity index is 440. The van der Waals surface area contributed by atoms with E-state index in [4.69, 9.17) is 0 Å². The van der Waals surface area contributed by atoms with E-state index in [-0.39, 0.29) is 16.7 Å². The van der Waals surface area contributed by atoms with Gasteiger partial charge in [0.1, 0.15) is 10.6 Å². The number of nitrogens with zero attached hydrogens (tertiary/aromatic N) is 1. The van der Waals surface area contributed by atoms with Gasteiger partial charge in [0.25, 0.3) is 0 Å². The van der Waals surface area contributed by atoms with Gasteiger partial charge in [0, 0.05) is 13.1 Å². The summed E-state index contributed by atoms with van der Waals surface area (Å²) in [4.78, 5) is -0.0544. The van der Waals surface area contributed by atoms with Gasteiger partial charge in [-0.05, 0) is 26.0 Å². The molecule has 0 heterocycles. The lowest BCUT2D eigenvalue weighted by Gasteiger charge is -2.21. The van der Waals surface area contributed by atoms with Crippen LogP contribution in [0.15, 0.2) is 29.2 Å². The SMILES string of the molecule is CC(C)N(C)S(=O)(=O)c1ccccc1O. The molecule has 0 aromatic heterocycles. The smallest absolute Gasteiger partial charge is 0.246 e. The molecular weight excluding hydrogens is 214 g/mol. The van der Waals surface area contributed by atoms with Gasteiger partial charge < -0.3 is 5.11 Å². The van der Waals surface area contributed by atoms with Crippen LogP contribution in [0.4, 0.5) is 0 Å². The summed E-state index contributed by atoms with van der Waals surface area (Å²) in [5.74, 6) is -0.218. The van der Waals surface area contributed by atoms with Gasteiger partial charge in [0.15, 0.2) is 0 Å². The fraction of sp³-hybridized carbons (Fsp3) is 0.400. The van der Waals surface area contributed by atoms with Crippen LogP contribution in [0, 0.1) is 0 Å². The molecule has 84 valence electrons. The maximum absolute atomic E-state index is 12.0. The van der Waals surface area contributed by atoms with E-state index in [0.29, 0.717) is 0 Å². The second kappa shape index (κ2) is 4.20. The van der Waals surface area contributed by atoms with Gasteiger partial charge in [0.2, 0.25) is 10.0 Å². The first-order valence-electron chi connectivity index (χ1n) is 4.63. The maximum Gasteiger partial charge on any atom is 0.246 e. The molecule has 0 aliphatic heterocycles. The topological polar surface area (TPSA) is 57.6 Å². The molecule has 15 heavy (non-hydrogen) atoms. The van der Waals surface area contributed by atoms with E-state index in [1.165, 1.54) is 23.5 Å². The summed E-state index contributed by atoms with van der Waals surface area (Å²) in [5, 5.41) is 9.47. The van der Waals surface area contributed by atoms with E-state index in [9.17, 15) is 13.5 Å². The Balaban J connectivity index is 3.24. The number of hydrogen-bond donors (Lipinski definition) is 1. The minimum absolute atomic E-state index is 0.0544. The quantitative estimate of drug-likeness (QED) is 0.852. The Labute approximate surface area is 90.2 Å². The third-order valence-electron chi connectivity index (χ3n) is 2.25. The Morgan fingerprint density at radius 2 is 1.80 bits per heavy atom. The number of phenols is 1. The molecular formula is C10H15NO3S. The Morgan fingerprint density at radius 3 is 2.27 bits per heavy atom. The zero-order valence-corrected chi connectivity index (χ0v) is 9.82. The summed E-state index contributed by atoms with van der Waals surface area (Å²) in [5.41, 5.74) is 0. The van der Waals surface area contributed by atoms with Crippen molar-refractivity contribution >= 4 is 10.0 Å². The summed E-state index contributed by atoms with van der Waals surface area (Å²) >= 11 is 0. The molecule has 4 nitrogen and oxygen atoms in total. The summed E-state index contributed by atoms with van der Waals surface area (Å²) < 4.78 is 25.1. The van der Waals surface area contributed by atoms with Crippen LogP contribution >= 0.6 is 0 Å². The lowest BCUT2D eigenvalue weighted by Crippen LogP contribution is -2.33. The minimum atomic E-state index is -3.59. The highest BCUT2D eigenvalue weighted by Gasteiger charge is 2.25. The van der Waals surface area contributed by atoms with Gasteiger partial charge in [0.05, 0.1) is 0 Å². The van der Waals surface area contributed by atoms with Gasteiger partial charge in [-0.1, -0.05) is 12.1 Å².